The lowest BCUT2D eigenvalue weighted by Crippen LogP contribution is -2.36. The number of rotatable bonds is 2. The van der Waals surface area contributed by atoms with E-state index in [1.165, 1.54) is 0 Å². The molecule has 0 aliphatic carbocycles. The molecule has 1 heterocycles. The van der Waals surface area contributed by atoms with Gasteiger partial charge in [0.1, 0.15) is 6.17 Å². The molecule has 1 aromatic rings. The molecular formula is C13H12Cl2N2. The van der Waals surface area contributed by atoms with Crippen molar-refractivity contribution in [1.82, 2.24) is 4.90 Å². The number of halogens is 2. The molecule has 0 saturated carbocycles. The van der Waals surface area contributed by atoms with E-state index in [0.717, 1.165) is 5.69 Å². The van der Waals surface area contributed by atoms with E-state index in [1.807, 2.05) is 31.6 Å². The minimum atomic E-state index is 0.110. The molecule has 0 aromatic heterocycles. The fraction of sp³-hybridized carbons (Fsp3) is 0.231. The van der Waals surface area contributed by atoms with E-state index in [-0.39, 0.29) is 6.17 Å². The first-order valence-electron chi connectivity index (χ1n) is 5.20. The first kappa shape index (κ1) is 12.2. The Morgan fingerprint density at radius 3 is 2.76 bits per heavy atom. The monoisotopic (exact) mass is 266 g/mol. The van der Waals surface area contributed by atoms with Crippen LogP contribution in [0.15, 0.2) is 30.6 Å². The second-order valence-corrected chi connectivity index (χ2v) is 4.70. The van der Waals surface area contributed by atoms with Crippen LogP contribution < -0.4 is 4.90 Å². The predicted octanol–water partition coefficient (Wildman–Crippen LogP) is 3.57. The Balaban J connectivity index is 2.33. The van der Waals surface area contributed by atoms with Crippen LogP contribution in [0.1, 0.15) is 6.42 Å². The molecule has 2 rings (SSSR count). The molecule has 17 heavy (non-hydrogen) atoms. The fourth-order valence-electron chi connectivity index (χ4n) is 1.85. The SMILES string of the molecule is C#CCC1N(C)C=CN1c1ccc(Cl)cc1Cl. The van der Waals surface area contributed by atoms with E-state index in [1.54, 1.807) is 6.07 Å². The normalized spacial score (nSPS) is 18.6. The van der Waals surface area contributed by atoms with Crippen molar-refractivity contribution >= 4 is 28.9 Å². The van der Waals surface area contributed by atoms with Crippen molar-refractivity contribution in [2.45, 2.75) is 12.6 Å². The molecule has 0 bridgehead atoms. The Labute approximate surface area is 111 Å². The summed E-state index contributed by atoms with van der Waals surface area (Å²) in [6, 6.07) is 5.46. The molecule has 1 atom stereocenters. The highest BCUT2D eigenvalue weighted by Gasteiger charge is 2.25. The molecule has 2 nitrogen and oxygen atoms in total. The molecule has 1 aromatic carbocycles. The topological polar surface area (TPSA) is 6.48 Å². The van der Waals surface area contributed by atoms with Gasteiger partial charge in [0.05, 0.1) is 10.7 Å². The molecule has 0 spiro atoms. The van der Waals surface area contributed by atoms with Crippen LogP contribution in [0.4, 0.5) is 5.69 Å². The van der Waals surface area contributed by atoms with Gasteiger partial charge < -0.3 is 9.80 Å². The van der Waals surface area contributed by atoms with Crippen LogP contribution in [0, 0.1) is 12.3 Å². The molecule has 88 valence electrons. The van der Waals surface area contributed by atoms with E-state index in [0.29, 0.717) is 16.5 Å². The van der Waals surface area contributed by atoms with Crippen LogP contribution in [0.25, 0.3) is 0 Å². The largest absolute Gasteiger partial charge is 0.358 e. The first-order valence-corrected chi connectivity index (χ1v) is 5.96. The standard InChI is InChI=1S/C13H12Cl2N2/c1-3-4-13-16(2)7-8-17(13)12-6-5-10(14)9-11(12)15/h1,5-9,13H,4H2,2H3. The third-order valence-corrected chi connectivity index (χ3v) is 3.28. The zero-order valence-electron chi connectivity index (χ0n) is 9.40. The smallest absolute Gasteiger partial charge is 0.116 e. The average molecular weight is 267 g/mol. The van der Waals surface area contributed by atoms with Crippen LogP contribution in [-0.2, 0) is 0 Å². The highest BCUT2D eigenvalue weighted by Crippen LogP contribution is 2.33. The fourth-order valence-corrected chi connectivity index (χ4v) is 2.36. The van der Waals surface area contributed by atoms with Gasteiger partial charge in [0.2, 0.25) is 0 Å². The van der Waals surface area contributed by atoms with Crippen LogP contribution >= 0.6 is 23.2 Å². The third kappa shape index (κ3) is 2.36. The van der Waals surface area contributed by atoms with Crippen molar-refractivity contribution < 1.29 is 0 Å². The van der Waals surface area contributed by atoms with Gasteiger partial charge in [0.25, 0.3) is 0 Å². The molecule has 0 radical (unpaired) electrons. The van der Waals surface area contributed by atoms with Gasteiger partial charge in [-0.15, -0.1) is 12.3 Å². The van der Waals surface area contributed by atoms with E-state index >= 15 is 0 Å². The highest BCUT2D eigenvalue weighted by molar-refractivity contribution is 6.36. The number of hydrogen-bond donors (Lipinski definition) is 0. The van der Waals surface area contributed by atoms with Gasteiger partial charge in [-0.05, 0) is 18.2 Å². The average Bonchev–Trinajstić information content (AvgIpc) is 2.62. The van der Waals surface area contributed by atoms with Crippen molar-refractivity contribution in [2.75, 3.05) is 11.9 Å². The maximum absolute atomic E-state index is 6.19. The van der Waals surface area contributed by atoms with E-state index in [4.69, 9.17) is 29.6 Å². The van der Waals surface area contributed by atoms with E-state index in [2.05, 4.69) is 15.7 Å². The molecule has 0 saturated heterocycles. The van der Waals surface area contributed by atoms with Gasteiger partial charge >= 0.3 is 0 Å². The molecule has 1 aliphatic rings. The van der Waals surface area contributed by atoms with Gasteiger partial charge in [0.15, 0.2) is 0 Å². The number of hydrogen-bond acceptors (Lipinski definition) is 2. The molecule has 1 unspecified atom stereocenters. The van der Waals surface area contributed by atoms with Crippen molar-refractivity contribution in [1.29, 1.82) is 0 Å². The number of nitrogens with zero attached hydrogens (tertiary/aromatic N) is 2. The van der Waals surface area contributed by atoms with E-state index in [9.17, 15) is 0 Å². The van der Waals surface area contributed by atoms with Crippen molar-refractivity contribution in [3.63, 3.8) is 0 Å². The quantitative estimate of drug-likeness (QED) is 0.756. The Bertz CT molecular complexity index is 491. The Kier molecular flexibility index (Phi) is 3.51. The minimum Gasteiger partial charge on any atom is -0.358 e. The van der Waals surface area contributed by atoms with Crippen LogP contribution in [0.5, 0.6) is 0 Å². The summed E-state index contributed by atoms with van der Waals surface area (Å²) in [5.41, 5.74) is 0.914. The van der Waals surface area contributed by atoms with Crippen molar-refractivity contribution in [2.24, 2.45) is 0 Å². The first-order chi connectivity index (χ1) is 8.13. The summed E-state index contributed by atoms with van der Waals surface area (Å²) in [7, 11) is 1.99. The lowest BCUT2D eigenvalue weighted by molar-refractivity contribution is 0.364. The molecule has 0 amide bonds. The Hall–Kier alpha value is -1.30. The molecule has 4 heteroatoms. The summed E-state index contributed by atoms with van der Waals surface area (Å²) in [5.74, 6) is 2.68. The third-order valence-electron chi connectivity index (χ3n) is 2.74. The summed E-state index contributed by atoms with van der Waals surface area (Å²) in [6.45, 7) is 0. The number of benzene rings is 1. The van der Waals surface area contributed by atoms with Gasteiger partial charge in [-0.2, -0.15) is 0 Å². The highest BCUT2D eigenvalue weighted by atomic mass is 35.5. The summed E-state index contributed by atoms with van der Waals surface area (Å²) >= 11 is 12.1. The minimum absolute atomic E-state index is 0.110. The van der Waals surface area contributed by atoms with E-state index < -0.39 is 0 Å². The second-order valence-electron chi connectivity index (χ2n) is 3.86. The second kappa shape index (κ2) is 4.91. The summed E-state index contributed by atoms with van der Waals surface area (Å²) in [5, 5.41) is 1.25. The summed E-state index contributed by atoms with van der Waals surface area (Å²) in [4.78, 5) is 4.11. The number of terminal acetylenes is 1. The Morgan fingerprint density at radius 1 is 1.35 bits per heavy atom. The number of anilines is 1. The predicted molar refractivity (Wildman–Crippen MR) is 73.1 cm³/mol. The Morgan fingerprint density at radius 2 is 2.12 bits per heavy atom. The zero-order chi connectivity index (χ0) is 12.4. The maximum Gasteiger partial charge on any atom is 0.116 e. The van der Waals surface area contributed by atoms with Gasteiger partial charge in [-0.25, -0.2) is 0 Å². The van der Waals surface area contributed by atoms with Gasteiger partial charge in [-0.1, -0.05) is 23.2 Å². The van der Waals surface area contributed by atoms with Crippen molar-refractivity contribution in [3.8, 4) is 12.3 Å². The zero-order valence-corrected chi connectivity index (χ0v) is 10.9. The lowest BCUT2D eigenvalue weighted by atomic mass is 10.2. The van der Waals surface area contributed by atoms with Gasteiger partial charge in [-0.3, -0.25) is 0 Å². The molecule has 0 N–H and O–H groups in total. The lowest BCUT2D eigenvalue weighted by Gasteiger charge is -2.29. The van der Waals surface area contributed by atoms with Crippen molar-refractivity contribution in [3.05, 3.63) is 40.6 Å². The summed E-state index contributed by atoms with van der Waals surface area (Å²) < 4.78 is 0. The summed E-state index contributed by atoms with van der Waals surface area (Å²) in [6.07, 6.45) is 10.1. The molecule has 1 aliphatic heterocycles. The van der Waals surface area contributed by atoms with Crippen LogP contribution in [0.3, 0.4) is 0 Å². The van der Waals surface area contributed by atoms with Crippen LogP contribution in [0.2, 0.25) is 10.0 Å². The van der Waals surface area contributed by atoms with Crippen LogP contribution in [-0.4, -0.2) is 18.1 Å². The molecular weight excluding hydrogens is 255 g/mol. The maximum atomic E-state index is 6.19. The van der Waals surface area contributed by atoms with Gasteiger partial charge in [0, 0.05) is 30.9 Å². The molecule has 0 fully saturated rings.